The normalized spacial score (nSPS) is 10.2. The second kappa shape index (κ2) is 7.27. The van der Waals surface area contributed by atoms with E-state index in [9.17, 15) is 0 Å². The molecule has 0 aromatic heterocycles. The highest BCUT2D eigenvalue weighted by molar-refractivity contribution is 6.58. The molecule has 4 nitrogen and oxygen atoms in total. The maximum absolute atomic E-state index is 8.97. The summed E-state index contributed by atoms with van der Waals surface area (Å²) in [5.74, 6) is 0.616. The van der Waals surface area contributed by atoms with E-state index in [-0.39, 0.29) is 0 Å². The maximum atomic E-state index is 8.97. The Hall–Kier alpha value is -1.04. The molecule has 0 unspecified atom stereocenters. The predicted molar refractivity (Wildman–Crippen MR) is 62.9 cm³/mol. The van der Waals surface area contributed by atoms with Gasteiger partial charge in [0, 0.05) is 6.61 Å². The summed E-state index contributed by atoms with van der Waals surface area (Å²) in [6.07, 6.45) is 0.992. The molecule has 0 radical (unpaired) electrons. The van der Waals surface area contributed by atoms with E-state index < -0.39 is 7.12 Å². The van der Waals surface area contributed by atoms with E-state index in [1.165, 1.54) is 0 Å². The van der Waals surface area contributed by atoms with Crippen molar-refractivity contribution in [2.75, 3.05) is 19.8 Å². The number of benzene rings is 1. The molecular weight excluding hydrogens is 207 g/mol. The average molecular weight is 224 g/mol. The molecule has 0 aliphatic rings. The largest absolute Gasteiger partial charge is 0.491 e. The summed E-state index contributed by atoms with van der Waals surface area (Å²) < 4.78 is 10.7. The van der Waals surface area contributed by atoms with E-state index in [1.54, 1.807) is 24.3 Å². The van der Waals surface area contributed by atoms with Gasteiger partial charge in [0.25, 0.3) is 0 Å². The maximum Gasteiger partial charge on any atom is 0.488 e. The van der Waals surface area contributed by atoms with Gasteiger partial charge in [-0.15, -0.1) is 0 Å². The van der Waals surface area contributed by atoms with Crippen LogP contribution in [0.2, 0.25) is 0 Å². The molecule has 2 N–H and O–H groups in total. The summed E-state index contributed by atoms with van der Waals surface area (Å²) in [6.45, 7) is 3.79. The molecule has 1 rings (SSSR count). The molecule has 0 atom stereocenters. The molecule has 0 saturated carbocycles. The van der Waals surface area contributed by atoms with Crippen LogP contribution in [-0.4, -0.2) is 37.0 Å². The quantitative estimate of drug-likeness (QED) is 0.512. The van der Waals surface area contributed by atoms with Crippen molar-refractivity contribution in [3.63, 3.8) is 0 Å². The third-order valence-corrected chi connectivity index (χ3v) is 2.00. The fourth-order valence-corrected chi connectivity index (χ4v) is 1.23. The third kappa shape index (κ3) is 4.66. The first kappa shape index (κ1) is 13.0. The lowest BCUT2D eigenvalue weighted by atomic mass is 9.80. The Morgan fingerprint density at radius 1 is 1.19 bits per heavy atom. The average Bonchev–Trinajstić information content (AvgIpc) is 2.29. The minimum atomic E-state index is -1.46. The Balaban J connectivity index is 2.33. The van der Waals surface area contributed by atoms with Gasteiger partial charge in [0.2, 0.25) is 0 Å². The van der Waals surface area contributed by atoms with Crippen LogP contribution in [0.3, 0.4) is 0 Å². The van der Waals surface area contributed by atoms with E-state index in [4.69, 9.17) is 19.5 Å². The van der Waals surface area contributed by atoms with Crippen molar-refractivity contribution in [3.05, 3.63) is 24.3 Å². The molecule has 0 amide bonds. The minimum Gasteiger partial charge on any atom is -0.491 e. The molecule has 88 valence electrons. The summed E-state index contributed by atoms with van der Waals surface area (Å²) in [7, 11) is -1.46. The van der Waals surface area contributed by atoms with Crippen LogP contribution in [0.5, 0.6) is 5.75 Å². The highest BCUT2D eigenvalue weighted by Crippen LogP contribution is 2.07. The van der Waals surface area contributed by atoms with Crippen molar-refractivity contribution < 1.29 is 19.5 Å². The predicted octanol–water partition coefficient (Wildman–Crippen LogP) is 0.172. The molecule has 0 aliphatic heterocycles. The lowest BCUT2D eigenvalue weighted by Gasteiger charge is -2.08. The van der Waals surface area contributed by atoms with Crippen LogP contribution in [0.4, 0.5) is 0 Å². The molecular formula is C11H17BO4. The van der Waals surface area contributed by atoms with Gasteiger partial charge in [-0.1, -0.05) is 19.1 Å². The van der Waals surface area contributed by atoms with Crippen LogP contribution in [-0.2, 0) is 4.74 Å². The number of hydrogen-bond donors (Lipinski definition) is 2. The zero-order chi connectivity index (χ0) is 11.8. The fourth-order valence-electron chi connectivity index (χ4n) is 1.23. The molecule has 16 heavy (non-hydrogen) atoms. The number of hydrogen-bond acceptors (Lipinski definition) is 4. The van der Waals surface area contributed by atoms with Gasteiger partial charge in [0.15, 0.2) is 0 Å². The highest BCUT2D eigenvalue weighted by atomic mass is 16.5. The van der Waals surface area contributed by atoms with Gasteiger partial charge in [-0.2, -0.15) is 0 Å². The number of ether oxygens (including phenoxy) is 2. The second-order valence-corrected chi connectivity index (χ2v) is 3.41. The molecule has 0 fully saturated rings. The van der Waals surface area contributed by atoms with Crippen LogP contribution in [0.15, 0.2) is 24.3 Å². The van der Waals surface area contributed by atoms with E-state index in [0.717, 1.165) is 13.0 Å². The van der Waals surface area contributed by atoms with Crippen molar-refractivity contribution in [3.8, 4) is 5.75 Å². The lowest BCUT2D eigenvalue weighted by molar-refractivity contribution is 0.101. The Morgan fingerprint density at radius 2 is 2.00 bits per heavy atom. The first-order chi connectivity index (χ1) is 7.74. The van der Waals surface area contributed by atoms with Gasteiger partial charge >= 0.3 is 7.12 Å². The molecule has 0 aliphatic carbocycles. The summed E-state index contributed by atoms with van der Waals surface area (Å²) in [5.41, 5.74) is 0.423. The molecule has 1 aromatic rings. The Kier molecular flexibility index (Phi) is 5.92. The monoisotopic (exact) mass is 224 g/mol. The van der Waals surface area contributed by atoms with E-state index >= 15 is 0 Å². The van der Waals surface area contributed by atoms with Gasteiger partial charge < -0.3 is 19.5 Å². The molecule has 5 heteroatoms. The van der Waals surface area contributed by atoms with Gasteiger partial charge in [0.1, 0.15) is 12.4 Å². The first-order valence-electron chi connectivity index (χ1n) is 5.40. The first-order valence-corrected chi connectivity index (χ1v) is 5.40. The smallest absolute Gasteiger partial charge is 0.488 e. The van der Waals surface area contributed by atoms with Gasteiger partial charge in [-0.05, 0) is 24.0 Å². The van der Waals surface area contributed by atoms with Crippen LogP contribution >= 0.6 is 0 Å². The van der Waals surface area contributed by atoms with E-state index in [1.807, 2.05) is 6.92 Å². The van der Waals surface area contributed by atoms with Crippen LogP contribution in [0, 0.1) is 0 Å². The van der Waals surface area contributed by atoms with Crippen molar-refractivity contribution in [1.29, 1.82) is 0 Å². The summed E-state index contributed by atoms with van der Waals surface area (Å²) in [4.78, 5) is 0. The van der Waals surface area contributed by atoms with Gasteiger partial charge in [-0.25, -0.2) is 0 Å². The third-order valence-electron chi connectivity index (χ3n) is 2.00. The Morgan fingerprint density at radius 3 is 2.69 bits per heavy atom. The van der Waals surface area contributed by atoms with E-state index in [2.05, 4.69) is 0 Å². The van der Waals surface area contributed by atoms with Crippen LogP contribution in [0.1, 0.15) is 13.3 Å². The summed E-state index contributed by atoms with van der Waals surface area (Å²) in [6, 6.07) is 6.72. The Bertz CT molecular complexity index is 304. The Labute approximate surface area is 96.0 Å². The molecule has 0 saturated heterocycles. The zero-order valence-corrected chi connectivity index (χ0v) is 9.43. The van der Waals surface area contributed by atoms with Crippen LogP contribution in [0.25, 0.3) is 0 Å². The highest BCUT2D eigenvalue weighted by Gasteiger charge is 2.10. The molecule has 1 aromatic carbocycles. The van der Waals surface area contributed by atoms with Crippen molar-refractivity contribution >= 4 is 12.6 Å². The molecule has 0 spiro atoms. The SMILES string of the molecule is CCCOCCOc1cccc(B(O)O)c1. The van der Waals surface area contributed by atoms with Gasteiger partial charge in [0.05, 0.1) is 6.61 Å². The second-order valence-electron chi connectivity index (χ2n) is 3.41. The summed E-state index contributed by atoms with van der Waals surface area (Å²) >= 11 is 0. The lowest BCUT2D eigenvalue weighted by Crippen LogP contribution is -2.29. The van der Waals surface area contributed by atoms with Crippen molar-refractivity contribution in [1.82, 2.24) is 0 Å². The fraction of sp³-hybridized carbons (Fsp3) is 0.455. The number of rotatable bonds is 7. The van der Waals surface area contributed by atoms with Crippen LogP contribution < -0.4 is 10.2 Å². The van der Waals surface area contributed by atoms with Crippen molar-refractivity contribution in [2.24, 2.45) is 0 Å². The zero-order valence-electron chi connectivity index (χ0n) is 9.43. The standard InChI is InChI=1S/C11H17BO4/c1-2-6-15-7-8-16-11-5-3-4-10(9-11)12(13)14/h3-5,9,13-14H,2,6-8H2,1H3. The summed E-state index contributed by atoms with van der Waals surface area (Å²) in [5, 5.41) is 17.9. The molecule has 0 bridgehead atoms. The molecule has 0 heterocycles. The van der Waals surface area contributed by atoms with Gasteiger partial charge in [-0.3, -0.25) is 0 Å². The topological polar surface area (TPSA) is 58.9 Å². The van der Waals surface area contributed by atoms with Crippen molar-refractivity contribution in [2.45, 2.75) is 13.3 Å². The minimum absolute atomic E-state index is 0.423. The van der Waals surface area contributed by atoms with E-state index in [0.29, 0.717) is 24.4 Å².